The first kappa shape index (κ1) is 36.1. The summed E-state index contributed by atoms with van der Waals surface area (Å²) in [5.41, 5.74) is 15.2. The van der Waals surface area contributed by atoms with Gasteiger partial charge in [-0.15, -0.1) is 0 Å². The molecule has 0 spiro atoms. The third-order valence-corrected chi connectivity index (χ3v) is 11.7. The minimum absolute atomic E-state index is 0.634. The molecule has 9 aromatic rings. The van der Waals surface area contributed by atoms with E-state index in [9.17, 15) is 0 Å². The van der Waals surface area contributed by atoms with Gasteiger partial charge in [0.25, 0.3) is 0 Å². The minimum atomic E-state index is 0.634. The number of benzene rings is 8. The van der Waals surface area contributed by atoms with Gasteiger partial charge in [-0.25, -0.2) is 15.0 Å². The SMILES string of the molecule is CC/C=C\c1c(C)c2c(c3cc(-c4cc(-c5cccc(-c6cccc7ccccc67)c5)cc(-c5nc(-c6ccccc6)nc(-c6ccccc6)n5)c4)ccc13)C=CCC2. The third-order valence-electron chi connectivity index (χ3n) is 11.7. The molecule has 59 heavy (non-hydrogen) atoms. The monoisotopic (exact) mass is 757 g/mol. The molecule has 0 saturated heterocycles. The maximum atomic E-state index is 5.19. The lowest BCUT2D eigenvalue weighted by Gasteiger charge is -2.21. The number of fused-ring (bicyclic) bond motifs is 4. The molecule has 0 saturated carbocycles. The van der Waals surface area contributed by atoms with E-state index in [0.717, 1.165) is 58.2 Å². The normalized spacial score (nSPS) is 12.4. The molecule has 0 amide bonds. The second-order valence-corrected chi connectivity index (χ2v) is 15.4. The Hall–Kier alpha value is -7.23. The highest BCUT2D eigenvalue weighted by Crippen LogP contribution is 2.40. The van der Waals surface area contributed by atoms with Gasteiger partial charge in [-0.1, -0.05) is 165 Å². The van der Waals surface area contributed by atoms with Crippen molar-refractivity contribution in [1.82, 2.24) is 15.0 Å². The van der Waals surface area contributed by atoms with Crippen LogP contribution in [0.5, 0.6) is 0 Å². The zero-order valence-corrected chi connectivity index (χ0v) is 33.4. The van der Waals surface area contributed by atoms with Crippen molar-refractivity contribution < 1.29 is 0 Å². The van der Waals surface area contributed by atoms with Crippen LogP contribution in [0, 0.1) is 6.92 Å². The third kappa shape index (κ3) is 6.95. The number of allylic oxidation sites excluding steroid dienone is 2. The number of rotatable bonds is 8. The van der Waals surface area contributed by atoms with E-state index in [1.807, 2.05) is 36.4 Å². The lowest BCUT2D eigenvalue weighted by Crippen LogP contribution is -2.02. The first-order valence-corrected chi connectivity index (χ1v) is 20.6. The molecule has 3 heteroatoms. The second kappa shape index (κ2) is 15.6. The van der Waals surface area contributed by atoms with Crippen LogP contribution in [0.4, 0.5) is 0 Å². The van der Waals surface area contributed by atoms with E-state index in [1.54, 1.807) is 0 Å². The summed E-state index contributed by atoms with van der Waals surface area (Å²) < 4.78 is 0. The van der Waals surface area contributed by atoms with Crippen LogP contribution in [0.1, 0.15) is 42.0 Å². The predicted octanol–water partition coefficient (Wildman–Crippen LogP) is 14.9. The summed E-state index contributed by atoms with van der Waals surface area (Å²) in [6.07, 6.45) is 12.4. The van der Waals surface area contributed by atoms with E-state index in [-0.39, 0.29) is 0 Å². The maximum Gasteiger partial charge on any atom is 0.164 e. The van der Waals surface area contributed by atoms with Gasteiger partial charge in [0.15, 0.2) is 17.5 Å². The Labute approximate surface area is 346 Å². The van der Waals surface area contributed by atoms with Crippen LogP contribution in [0.2, 0.25) is 0 Å². The van der Waals surface area contributed by atoms with Gasteiger partial charge in [0.1, 0.15) is 0 Å². The van der Waals surface area contributed by atoms with Crippen LogP contribution in [0.15, 0.2) is 176 Å². The molecule has 0 unspecified atom stereocenters. The lowest BCUT2D eigenvalue weighted by molar-refractivity contribution is 0.974. The Kier molecular flexibility index (Phi) is 9.56. The van der Waals surface area contributed by atoms with Gasteiger partial charge in [-0.2, -0.15) is 0 Å². The molecule has 0 aliphatic heterocycles. The van der Waals surface area contributed by atoms with E-state index in [2.05, 4.69) is 166 Å². The van der Waals surface area contributed by atoms with E-state index < -0.39 is 0 Å². The highest BCUT2D eigenvalue weighted by atomic mass is 15.0. The van der Waals surface area contributed by atoms with E-state index in [1.165, 1.54) is 54.9 Å². The highest BCUT2D eigenvalue weighted by Gasteiger charge is 2.19. The Morgan fingerprint density at radius 3 is 1.80 bits per heavy atom. The number of aromatic nitrogens is 3. The molecule has 0 radical (unpaired) electrons. The fraction of sp³-hybridized carbons (Fsp3) is 0.0893. The molecule has 0 atom stereocenters. The average Bonchev–Trinajstić information content (AvgIpc) is 3.31. The zero-order chi connectivity index (χ0) is 39.7. The van der Waals surface area contributed by atoms with Gasteiger partial charge in [0.2, 0.25) is 0 Å². The Morgan fingerprint density at radius 2 is 1.07 bits per heavy atom. The number of hydrogen-bond acceptors (Lipinski definition) is 3. The van der Waals surface area contributed by atoms with E-state index in [4.69, 9.17) is 15.0 Å². The largest absolute Gasteiger partial charge is 0.208 e. The van der Waals surface area contributed by atoms with Crippen LogP contribution in [-0.4, -0.2) is 15.0 Å². The molecule has 0 N–H and O–H groups in total. The fourth-order valence-electron chi connectivity index (χ4n) is 8.67. The van der Waals surface area contributed by atoms with Crippen molar-refractivity contribution >= 4 is 33.7 Å². The standard InChI is InChI=1S/C56H43N3/c1-3-4-25-47-37(2)48-26-13-14-28-51(48)53-36-42(30-31-52(47)53)45-33-44(41-23-15-24-43(32-41)50-29-16-22-38-17-11-12-27-49(38)50)34-46(35-45)56-58-54(39-18-7-5-8-19-39)57-55(59-56)40-20-9-6-10-21-40/h4-12,14-25,27-36H,3,13,26H2,1-2H3/b25-4-. The van der Waals surface area contributed by atoms with Crippen molar-refractivity contribution in [2.45, 2.75) is 33.1 Å². The van der Waals surface area contributed by atoms with Crippen molar-refractivity contribution in [2.24, 2.45) is 0 Å². The molecular formula is C56H43N3. The van der Waals surface area contributed by atoms with Gasteiger partial charge in [0, 0.05) is 16.7 Å². The topological polar surface area (TPSA) is 38.7 Å². The summed E-state index contributed by atoms with van der Waals surface area (Å²) in [5, 5.41) is 5.05. The van der Waals surface area contributed by atoms with Gasteiger partial charge in [0.05, 0.1) is 0 Å². The first-order valence-electron chi connectivity index (χ1n) is 20.6. The molecular weight excluding hydrogens is 715 g/mol. The molecule has 0 fully saturated rings. The summed E-state index contributed by atoms with van der Waals surface area (Å²) in [4.78, 5) is 15.4. The van der Waals surface area contributed by atoms with Gasteiger partial charge < -0.3 is 0 Å². The molecule has 1 aliphatic rings. The molecule has 10 rings (SSSR count). The zero-order valence-electron chi connectivity index (χ0n) is 33.4. The van der Waals surface area contributed by atoms with E-state index in [0.29, 0.717) is 17.5 Å². The lowest BCUT2D eigenvalue weighted by atomic mass is 9.83. The summed E-state index contributed by atoms with van der Waals surface area (Å²) in [7, 11) is 0. The molecule has 8 aromatic carbocycles. The van der Waals surface area contributed by atoms with Crippen molar-refractivity contribution in [3.8, 4) is 67.5 Å². The molecule has 3 nitrogen and oxygen atoms in total. The van der Waals surface area contributed by atoms with Crippen molar-refractivity contribution in [3.05, 3.63) is 198 Å². The van der Waals surface area contributed by atoms with Crippen LogP contribution in [0.3, 0.4) is 0 Å². The minimum Gasteiger partial charge on any atom is -0.208 e. The van der Waals surface area contributed by atoms with Crippen LogP contribution in [0.25, 0.3) is 101 Å². The number of hydrogen-bond donors (Lipinski definition) is 0. The molecule has 282 valence electrons. The van der Waals surface area contributed by atoms with Gasteiger partial charge in [-0.3, -0.25) is 0 Å². The molecule has 1 heterocycles. The first-order chi connectivity index (χ1) is 29.1. The highest BCUT2D eigenvalue weighted by molar-refractivity contribution is 6.02. The fourth-order valence-corrected chi connectivity index (χ4v) is 8.67. The van der Waals surface area contributed by atoms with Crippen LogP contribution < -0.4 is 0 Å². The summed E-state index contributed by atoms with van der Waals surface area (Å²) in [6, 6.07) is 58.3. The van der Waals surface area contributed by atoms with Gasteiger partial charge in [-0.05, 0) is 134 Å². The molecule has 1 aliphatic carbocycles. The summed E-state index contributed by atoms with van der Waals surface area (Å²) >= 11 is 0. The summed E-state index contributed by atoms with van der Waals surface area (Å²) in [5.74, 6) is 1.92. The smallest absolute Gasteiger partial charge is 0.164 e. The van der Waals surface area contributed by atoms with Crippen molar-refractivity contribution in [2.75, 3.05) is 0 Å². The van der Waals surface area contributed by atoms with Crippen molar-refractivity contribution in [3.63, 3.8) is 0 Å². The molecule has 0 bridgehead atoms. The Morgan fingerprint density at radius 1 is 0.492 bits per heavy atom. The summed E-state index contributed by atoms with van der Waals surface area (Å²) in [6.45, 7) is 4.50. The quantitative estimate of drug-likeness (QED) is 0.155. The van der Waals surface area contributed by atoms with Crippen LogP contribution >= 0.6 is 0 Å². The van der Waals surface area contributed by atoms with Gasteiger partial charge >= 0.3 is 0 Å². The Bertz CT molecular complexity index is 3020. The predicted molar refractivity (Wildman–Crippen MR) is 249 cm³/mol. The van der Waals surface area contributed by atoms with E-state index >= 15 is 0 Å². The average molecular weight is 758 g/mol. The van der Waals surface area contributed by atoms with Crippen molar-refractivity contribution in [1.29, 1.82) is 0 Å². The number of nitrogens with zero attached hydrogens (tertiary/aromatic N) is 3. The maximum absolute atomic E-state index is 5.19. The Balaban J connectivity index is 1.20. The molecule has 1 aromatic heterocycles. The second-order valence-electron chi connectivity index (χ2n) is 15.4. The van der Waals surface area contributed by atoms with Crippen LogP contribution in [-0.2, 0) is 6.42 Å².